The Morgan fingerprint density at radius 3 is 2.43 bits per heavy atom. The fraction of sp³-hybridized carbons (Fsp3) is 0.649. The minimum atomic E-state index is -3.90. The number of carbonyl (C=O) groups is 5. The van der Waals surface area contributed by atoms with Gasteiger partial charge in [0, 0.05) is 18.5 Å². The lowest BCUT2D eigenvalue weighted by Crippen LogP contribution is -2.58. The highest BCUT2D eigenvalue weighted by Crippen LogP contribution is 2.47. The molecule has 0 spiro atoms. The molecule has 16 heteroatoms. The van der Waals surface area contributed by atoms with Crippen molar-refractivity contribution in [3.8, 4) is 0 Å². The zero-order valence-electron chi connectivity index (χ0n) is 31.3. The summed E-state index contributed by atoms with van der Waals surface area (Å²) in [6.45, 7) is 10.7. The molecule has 1 aromatic rings. The van der Waals surface area contributed by atoms with E-state index in [1.54, 1.807) is 32.9 Å². The number of unbranched alkanes of at least 4 members (excludes halogenated alkanes) is 1. The van der Waals surface area contributed by atoms with E-state index >= 15 is 0 Å². The molecule has 5 atom stereocenters. The van der Waals surface area contributed by atoms with Crippen molar-refractivity contribution < 1.29 is 46.3 Å². The monoisotopic (exact) mass is 761 g/mol. The largest absolute Gasteiger partial charge is 0.444 e. The highest BCUT2D eigenvalue weighted by molar-refractivity contribution is 7.91. The first-order valence-electron chi connectivity index (χ1n) is 18.4. The fourth-order valence-electron chi connectivity index (χ4n) is 7.02. The van der Waals surface area contributed by atoms with Crippen molar-refractivity contribution in [1.82, 2.24) is 25.2 Å². The van der Waals surface area contributed by atoms with E-state index in [-0.39, 0.29) is 44.8 Å². The summed E-state index contributed by atoms with van der Waals surface area (Å²) in [5.41, 5.74) is -0.229. The summed E-state index contributed by atoms with van der Waals surface area (Å²) >= 11 is 0. The number of fused-ring (bicyclic) bond motifs is 1. The number of sulfonamides is 1. The van der Waals surface area contributed by atoms with Gasteiger partial charge < -0.3 is 25.0 Å². The topological polar surface area (TPSA) is 181 Å². The van der Waals surface area contributed by atoms with Crippen LogP contribution < -0.4 is 15.4 Å². The Kier molecular flexibility index (Phi) is 11.8. The van der Waals surface area contributed by atoms with E-state index in [9.17, 15) is 36.8 Å². The van der Waals surface area contributed by atoms with Gasteiger partial charge in [0.15, 0.2) is 0 Å². The standard InChI is InChI=1S/C37H52FN5O9S/c1-7-24-18-37(24,33(46)41-53(49,50)26-15-16-26)40-31(44)30-17-25(51-35(48)42-19-23-12-10-13-28(38)27(23)21-42)20-43(30)32(45)29(14-9-8-11-22(2)3)39-34(47)52-36(4,5)6/h10-13,24-26,29-30H,7-9,14-21H2,1-6H3,(H,39,47)(H,40,44)(H,41,46)/t24-,25-,29+,30?,37-/m1/s1. The van der Waals surface area contributed by atoms with Gasteiger partial charge >= 0.3 is 12.2 Å². The van der Waals surface area contributed by atoms with E-state index in [1.165, 1.54) is 15.9 Å². The third-order valence-electron chi connectivity index (χ3n) is 10.1. The Balaban J connectivity index is 1.37. The van der Waals surface area contributed by atoms with Gasteiger partial charge in [-0.25, -0.2) is 22.4 Å². The summed E-state index contributed by atoms with van der Waals surface area (Å²) in [4.78, 5) is 70.9. The molecule has 5 rings (SSSR count). The summed E-state index contributed by atoms with van der Waals surface area (Å²) in [6.07, 6.45) is 2.27. The average molecular weight is 762 g/mol. The molecule has 2 heterocycles. The lowest BCUT2D eigenvalue weighted by atomic mass is 10.1. The van der Waals surface area contributed by atoms with Gasteiger partial charge in [0.05, 0.1) is 18.3 Å². The molecule has 3 fully saturated rings. The number of carbonyl (C=O) groups excluding carboxylic acids is 5. The van der Waals surface area contributed by atoms with Crippen LogP contribution in [0.25, 0.3) is 0 Å². The Morgan fingerprint density at radius 2 is 1.83 bits per heavy atom. The second kappa shape index (κ2) is 15.6. The zero-order valence-corrected chi connectivity index (χ0v) is 32.1. The van der Waals surface area contributed by atoms with Crippen molar-refractivity contribution >= 4 is 39.9 Å². The zero-order chi connectivity index (χ0) is 38.9. The second-order valence-electron chi connectivity index (χ2n) is 15.8. The quantitative estimate of drug-likeness (QED) is 0.197. The number of likely N-dealkylation sites (tertiary alicyclic amines) is 1. The van der Waals surface area contributed by atoms with Crippen molar-refractivity contribution in [3.05, 3.63) is 46.8 Å². The summed E-state index contributed by atoms with van der Waals surface area (Å²) in [5, 5.41) is 4.79. The maximum Gasteiger partial charge on any atom is 0.410 e. The number of nitrogens with zero attached hydrogens (tertiary/aromatic N) is 2. The molecule has 2 aliphatic carbocycles. The third kappa shape index (κ3) is 9.67. The van der Waals surface area contributed by atoms with Crippen molar-refractivity contribution in [3.63, 3.8) is 0 Å². The minimum absolute atomic E-state index is 0.00646. The highest BCUT2D eigenvalue weighted by Gasteiger charge is 2.62. The lowest BCUT2D eigenvalue weighted by molar-refractivity contribution is -0.141. The molecule has 4 aliphatic rings. The van der Waals surface area contributed by atoms with Crippen LogP contribution >= 0.6 is 0 Å². The van der Waals surface area contributed by atoms with Crippen molar-refractivity contribution in [2.75, 3.05) is 6.54 Å². The van der Waals surface area contributed by atoms with Gasteiger partial charge in [-0.2, -0.15) is 0 Å². The minimum Gasteiger partial charge on any atom is -0.444 e. The number of amides is 5. The van der Waals surface area contributed by atoms with E-state index < -0.39 is 80.3 Å². The van der Waals surface area contributed by atoms with Crippen molar-refractivity contribution in [2.45, 2.75) is 141 Å². The van der Waals surface area contributed by atoms with Crippen LogP contribution in [0, 0.1) is 11.7 Å². The van der Waals surface area contributed by atoms with Crippen LogP contribution in [0.5, 0.6) is 0 Å². The highest BCUT2D eigenvalue weighted by atomic mass is 32.2. The molecule has 0 aromatic heterocycles. The number of allylic oxidation sites excluding steroid dienone is 2. The first kappa shape index (κ1) is 40.0. The summed E-state index contributed by atoms with van der Waals surface area (Å²) in [6, 6.07) is 2.25. The van der Waals surface area contributed by atoms with Gasteiger partial charge in [0.2, 0.25) is 21.8 Å². The number of hydrogen-bond donors (Lipinski definition) is 3. The van der Waals surface area contributed by atoms with Crippen LogP contribution in [0.1, 0.15) is 104 Å². The van der Waals surface area contributed by atoms with Crippen LogP contribution in [0.4, 0.5) is 14.0 Å². The van der Waals surface area contributed by atoms with Crippen LogP contribution in [-0.2, 0) is 47.0 Å². The Morgan fingerprint density at radius 1 is 1.11 bits per heavy atom. The van der Waals surface area contributed by atoms with E-state index in [4.69, 9.17) is 9.47 Å². The molecule has 292 valence electrons. The number of nitrogens with one attached hydrogen (secondary N) is 3. The van der Waals surface area contributed by atoms with Crippen LogP contribution in [0.15, 0.2) is 29.8 Å². The molecule has 0 radical (unpaired) electrons. The Hall–Kier alpha value is -4.21. The van der Waals surface area contributed by atoms with Gasteiger partial charge in [-0.05, 0) is 90.7 Å². The predicted octanol–water partition coefficient (Wildman–Crippen LogP) is 4.17. The van der Waals surface area contributed by atoms with E-state index in [2.05, 4.69) is 15.4 Å². The lowest BCUT2D eigenvalue weighted by Gasteiger charge is -2.30. The molecule has 1 saturated heterocycles. The Bertz CT molecular complexity index is 1750. The normalized spacial score (nSPS) is 24.1. The molecular formula is C37H52FN5O9S. The molecule has 0 bridgehead atoms. The predicted molar refractivity (Wildman–Crippen MR) is 192 cm³/mol. The number of alkyl carbamates (subject to hydrolysis) is 1. The molecule has 3 N–H and O–H groups in total. The van der Waals surface area contributed by atoms with Gasteiger partial charge in [-0.1, -0.05) is 37.1 Å². The molecule has 14 nitrogen and oxygen atoms in total. The summed E-state index contributed by atoms with van der Waals surface area (Å²) in [5.74, 6) is -2.93. The molecule has 1 unspecified atom stereocenters. The molecule has 1 aromatic carbocycles. The molecule has 2 aliphatic heterocycles. The first-order chi connectivity index (χ1) is 24.8. The maximum atomic E-state index is 14.4. The van der Waals surface area contributed by atoms with Crippen LogP contribution in [-0.4, -0.2) is 89.2 Å². The maximum absolute atomic E-state index is 14.4. The Labute approximate surface area is 310 Å². The third-order valence-corrected chi connectivity index (χ3v) is 11.9. The van der Waals surface area contributed by atoms with Gasteiger partial charge in [-0.15, -0.1) is 0 Å². The van der Waals surface area contributed by atoms with Crippen molar-refractivity contribution in [1.29, 1.82) is 0 Å². The number of halogens is 1. The average Bonchev–Trinajstić information content (AvgIpc) is 3.95. The molecule has 5 amide bonds. The fourth-order valence-corrected chi connectivity index (χ4v) is 8.38. The van der Waals surface area contributed by atoms with Gasteiger partial charge in [-0.3, -0.25) is 24.0 Å². The summed E-state index contributed by atoms with van der Waals surface area (Å²) in [7, 11) is -3.90. The number of hydrogen-bond acceptors (Lipinski definition) is 9. The van der Waals surface area contributed by atoms with E-state index in [1.807, 2.05) is 26.8 Å². The molecule has 2 saturated carbocycles. The van der Waals surface area contributed by atoms with Crippen LogP contribution in [0.2, 0.25) is 0 Å². The SMILES string of the molecule is CC[C@@H]1C[C@]1(NC(=O)C1C[C@@H](OC(=O)N2Cc3cccc(F)c3C2)CN1C(=O)[C@H](CCCC=C(C)C)NC(=O)OC(C)(C)C)C(=O)NS(=O)(=O)C1CC1. The van der Waals surface area contributed by atoms with Gasteiger partial charge in [0.25, 0.3) is 5.91 Å². The van der Waals surface area contributed by atoms with Crippen molar-refractivity contribution in [2.24, 2.45) is 5.92 Å². The number of rotatable bonds is 13. The van der Waals surface area contributed by atoms with Gasteiger partial charge in [0.1, 0.15) is 35.1 Å². The molecule has 53 heavy (non-hydrogen) atoms. The van der Waals surface area contributed by atoms with Crippen LogP contribution in [0.3, 0.4) is 0 Å². The second-order valence-corrected chi connectivity index (χ2v) is 17.8. The summed E-state index contributed by atoms with van der Waals surface area (Å²) < 4.78 is 53.2. The first-order valence-corrected chi connectivity index (χ1v) is 19.9. The van der Waals surface area contributed by atoms with E-state index in [0.29, 0.717) is 43.2 Å². The number of ether oxygens (including phenoxy) is 2. The molecular weight excluding hydrogens is 709 g/mol. The van der Waals surface area contributed by atoms with E-state index in [0.717, 1.165) is 5.57 Å². The smallest absolute Gasteiger partial charge is 0.410 e. The number of benzene rings is 1.